The quantitative estimate of drug-likeness (QED) is 0.359. The number of carbonyl (C=O) groups is 3. The van der Waals surface area contributed by atoms with E-state index in [9.17, 15) is 14.4 Å². The van der Waals surface area contributed by atoms with Crippen molar-refractivity contribution in [3.8, 4) is 11.3 Å². The predicted molar refractivity (Wildman–Crippen MR) is 117 cm³/mol. The van der Waals surface area contributed by atoms with Crippen LogP contribution in [-0.2, 0) is 11.3 Å². The second-order valence-electron chi connectivity index (χ2n) is 6.73. The molecule has 150 valence electrons. The van der Waals surface area contributed by atoms with E-state index in [1.807, 2.05) is 0 Å². The van der Waals surface area contributed by atoms with Crippen molar-refractivity contribution in [2.45, 2.75) is 13.5 Å². The molecule has 0 spiro atoms. The molecule has 0 bridgehead atoms. The van der Waals surface area contributed by atoms with Gasteiger partial charge >= 0.3 is 0 Å². The van der Waals surface area contributed by atoms with Crippen LogP contribution >= 0.6 is 23.4 Å². The first-order chi connectivity index (χ1) is 14.4. The fourth-order valence-electron chi connectivity index (χ4n) is 2.99. The van der Waals surface area contributed by atoms with Crippen LogP contribution in [0.2, 0.25) is 5.02 Å². The highest BCUT2D eigenvalue weighted by atomic mass is 35.5. The second-order valence-corrected chi connectivity index (χ2v) is 8.16. The molecule has 7 heteroatoms. The number of hydrogen-bond donors (Lipinski definition) is 0. The SMILES string of the molecule is CC(=O)c1ccc(-c2ccc(/C=C3\SC(=O)N(Cc4ccc(Cl)cc4)C3=O)o2)cc1. The third-order valence-electron chi connectivity index (χ3n) is 4.60. The van der Waals surface area contributed by atoms with Crippen LogP contribution in [0.25, 0.3) is 17.4 Å². The molecule has 2 aromatic carbocycles. The minimum absolute atomic E-state index is 0.00369. The first-order valence-corrected chi connectivity index (χ1v) is 10.3. The molecule has 1 saturated heterocycles. The topological polar surface area (TPSA) is 67.6 Å². The third-order valence-corrected chi connectivity index (χ3v) is 5.76. The van der Waals surface area contributed by atoms with Gasteiger partial charge in [-0.3, -0.25) is 19.3 Å². The summed E-state index contributed by atoms with van der Waals surface area (Å²) in [5.41, 5.74) is 2.26. The molecule has 2 amide bonds. The van der Waals surface area contributed by atoms with Crippen molar-refractivity contribution >= 4 is 46.4 Å². The van der Waals surface area contributed by atoms with Crippen molar-refractivity contribution in [3.63, 3.8) is 0 Å². The van der Waals surface area contributed by atoms with Gasteiger partial charge in [-0.2, -0.15) is 0 Å². The molecule has 0 N–H and O–H groups in total. The van der Waals surface area contributed by atoms with E-state index in [0.29, 0.717) is 27.0 Å². The van der Waals surface area contributed by atoms with Crippen molar-refractivity contribution < 1.29 is 18.8 Å². The molecular formula is C23H16ClNO4S. The summed E-state index contributed by atoms with van der Waals surface area (Å²) in [4.78, 5) is 37.9. The van der Waals surface area contributed by atoms with E-state index in [2.05, 4.69) is 0 Å². The highest BCUT2D eigenvalue weighted by Crippen LogP contribution is 2.34. The maximum Gasteiger partial charge on any atom is 0.293 e. The van der Waals surface area contributed by atoms with E-state index in [1.54, 1.807) is 66.7 Å². The van der Waals surface area contributed by atoms with Crippen LogP contribution in [0.5, 0.6) is 0 Å². The number of furan rings is 1. The number of thioether (sulfide) groups is 1. The molecule has 0 atom stereocenters. The van der Waals surface area contributed by atoms with E-state index in [-0.39, 0.29) is 23.5 Å². The van der Waals surface area contributed by atoms with Crippen molar-refractivity contribution in [1.29, 1.82) is 0 Å². The average Bonchev–Trinajstić information content (AvgIpc) is 3.30. The Labute approximate surface area is 182 Å². The Morgan fingerprint density at radius 1 is 1.03 bits per heavy atom. The predicted octanol–water partition coefficient (Wildman–Crippen LogP) is 6.04. The number of nitrogens with zero attached hydrogens (tertiary/aromatic N) is 1. The van der Waals surface area contributed by atoms with Gasteiger partial charge in [0.2, 0.25) is 0 Å². The number of ketones is 1. The lowest BCUT2D eigenvalue weighted by atomic mass is 10.1. The van der Waals surface area contributed by atoms with Crippen LogP contribution in [-0.4, -0.2) is 21.8 Å². The summed E-state index contributed by atoms with van der Waals surface area (Å²) < 4.78 is 5.81. The van der Waals surface area contributed by atoms with Crippen LogP contribution in [0.15, 0.2) is 70.0 Å². The largest absolute Gasteiger partial charge is 0.457 e. The van der Waals surface area contributed by atoms with Gasteiger partial charge < -0.3 is 4.42 Å². The Hall–Kier alpha value is -3.09. The van der Waals surface area contributed by atoms with Crippen molar-refractivity contribution in [3.05, 3.63) is 87.5 Å². The lowest BCUT2D eigenvalue weighted by Crippen LogP contribution is -2.27. The molecule has 1 fully saturated rings. The molecule has 30 heavy (non-hydrogen) atoms. The molecule has 0 aliphatic carbocycles. The molecule has 0 unspecified atom stereocenters. The molecule has 0 saturated carbocycles. The molecule has 3 aromatic rings. The highest BCUT2D eigenvalue weighted by Gasteiger charge is 2.35. The zero-order chi connectivity index (χ0) is 21.3. The standard InChI is InChI=1S/C23H16ClNO4S/c1-14(26)16-4-6-17(7-5-16)20-11-10-19(29-20)12-21-22(27)25(23(28)30-21)13-15-2-8-18(24)9-3-15/h2-12H,13H2,1H3/b21-12-. The Morgan fingerprint density at radius 2 is 1.73 bits per heavy atom. The van der Waals surface area contributed by atoms with E-state index in [0.717, 1.165) is 22.9 Å². The molecule has 4 rings (SSSR count). The molecule has 1 aromatic heterocycles. The number of halogens is 1. The lowest BCUT2D eigenvalue weighted by Gasteiger charge is -2.12. The first kappa shape index (κ1) is 20.2. The second kappa shape index (κ2) is 8.34. The number of imide groups is 1. The molecule has 2 heterocycles. The van der Waals surface area contributed by atoms with Crippen LogP contribution in [0.4, 0.5) is 4.79 Å². The molecule has 1 aliphatic rings. The monoisotopic (exact) mass is 437 g/mol. The number of benzene rings is 2. The van der Waals surface area contributed by atoms with Crippen LogP contribution in [0.3, 0.4) is 0 Å². The summed E-state index contributed by atoms with van der Waals surface area (Å²) in [6, 6.07) is 17.6. The fraction of sp³-hybridized carbons (Fsp3) is 0.0870. The average molecular weight is 438 g/mol. The van der Waals surface area contributed by atoms with Gasteiger partial charge in [-0.25, -0.2) is 0 Å². The lowest BCUT2D eigenvalue weighted by molar-refractivity contribution is -0.123. The number of amides is 2. The Balaban J connectivity index is 1.51. The van der Waals surface area contributed by atoms with E-state index in [1.165, 1.54) is 11.8 Å². The summed E-state index contributed by atoms with van der Waals surface area (Å²) in [6.07, 6.45) is 1.57. The number of hydrogen-bond acceptors (Lipinski definition) is 5. The number of rotatable bonds is 5. The zero-order valence-corrected chi connectivity index (χ0v) is 17.5. The normalized spacial score (nSPS) is 15.3. The van der Waals surface area contributed by atoms with Crippen LogP contribution in [0, 0.1) is 0 Å². The van der Waals surface area contributed by atoms with Gasteiger partial charge in [-0.05, 0) is 48.5 Å². The van der Waals surface area contributed by atoms with Gasteiger partial charge in [0.15, 0.2) is 5.78 Å². The minimum atomic E-state index is -0.358. The van der Waals surface area contributed by atoms with Gasteiger partial charge in [0, 0.05) is 22.2 Å². The molecule has 0 radical (unpaired) electrons. The summed E-state index contributed by atoms with van der Waals surface area (Å²) in [5.74, 6) is 0.717. The summed E-state index contributed by atoms with van der Waals surface area (Å²) in [7, 11) is 0. The summed E-state index contributed by atoms with van der Waals surface area (Å²) in [5, 5.41) is 0.269. The van der Waals surface area contributed by atoms with Crippen molar-refractivity contribution in [2.24, 2.45) is 0 Å². The first-order valence-electron chi connectivity index (χ1n) is 9.12. The van der Waals surface area contributed by atoms with Gasteiger partial charge in [0.25, 0.3) is 11.1 Å². The highest BCUT2D eigenvalue weighted by molar-refractivity contribution is 8.18. The van der Waals surface area contributed by atoms with Crippen LogP contribution in [0.1, 0.15) is 28.6 Å². The number of carbonyl (C=O) groups excluding carboxylic acids is 3. The molecule has 1 aliphatic heterocycles. The summed E-state index contributed by atoms with van der Waals surface area (Å²) in [6.45, 7) is 1.70. The van der Waals surface area contributed by atoms with Crippen molar-refractivity contribution in [1.82, 2.24) is 4.90 Å². The fourth-order valence-corrected chi connectivity index (χ4v) is 3.94. The van der Waals surface area contributed by atoms with Gasteiger partial charge in [-0.15, -0.1) is 0 Å². The smallest absolute Gasteiger partial charge is 0.293 e. The zero-order valence-electron chi connectivity index (χ0n) is 15.9. The maximum absolute atomic E-state index is 12.7. The van der Waals surface area contributed by atoms with Gasteiger partial charge in [0.1, 0.15) is 11.5 Å². The van der Waals surface area contributed by atoms with E-state index < -0.39 is 0 Å². The third kappa shape index (κ3) is 4.25. The van der Waals surface area contributed by atoms with Gasteiger partial charge in [0.05, 0.1) is 11.4 Å². The van der Waals surface area contributed by atoms with E-state index in [4.69, 9.17) is 16.0 Å². The van der Waals surface area contributed by atoms with Crippen LogP contribution < -0.4 is 0 Å². The maximum atomic E-state index is 12.7. The Kier molecular flexibility index (Phi) is 5.61. The minimum Gasteiger partial charge on any atom is -0.457 e. The molecule has 5 nitrogen and oxygen atoms in total. The van der Waals surface area contributed by atoms with Crippen molar-refractivity contribution in [2.75, 3.05) is 0 Å². The summed E-state index contributed by atoms with van der Waals surface area (Å²) >= 11 is 6.76. The van der Waals surface area contributed by atoms with Gasteiger partial charge in [-0.1, -0.05) is 48.0 Å². The van der Waals surface area contributed by atoms with E-state index >= 15 is 0 Å². The Bertz CT molecular complexity index is 1160. The number of Topliss-reactive ketones (excluding diaryl/α,β-unsaturated/α-hetero) is 1. The molecular weight excluding hydrogens is 422 g/mol. The Morgan fingerprint density at radius 3 is 2.40 bits per heavy atom.